The molecule has 0 bridgehead atoms. The van der Waals surface area contributed by atoms with Crippen molar-refractivity contribution in [3.05, 3.63) is 16.1 Å². The fourth-order valence-corrected chi connectivity index (χ4v) is 2.62. The lowest BCUT2D eigenvalue weighted by Crippen LogP contribution is -2.44. The van der Waals surface area contributed by atoms with Crippen LogP contribution in [0.5, 0.6) is 0 Å². The fraction of sp³-hybridized carbons (Fsp3) is 0.583. The molecule has 0 unspecified atom stereocenters. The van der Waals surface area contributed by atoms with E-state index in [9.17, 15) is 9.59 Å². The maximum atomic E-state index is 11.9. The van der Waals surface area contributed by atoms with Crippen molar-refractivity contribution in [3.8, 4) is 0 Å². The van der Waals surface area contributed by atoms with E-state index in [2.05, 4.69) is 15.6 Å². The average Bonchev–Trinajstić information content (AvgIpc) is 2.67. The molecule has 1 saturated heterocycles. The summed E-state index contributed by atoms with van der Waals surface area (Å²) in [7, 11) is 0. The Bertz CT molecular complexity index is 452. The highest BCUT2D eigenvalue weighted by molar-refractivity contribution is 7.09. The molecule has 2 amide bonds. The molecule has 7 heteroatoms. The van der Waals surface area contributed by atoms with Crippen LogP contribution in [0.2, 0.25) is 0 Å². The number of aryl methyl sites for hydroxylation is 1. The number of nitrogens with zero attached hydrogens (tertiary/aromatic N) is 2. The number of thiazole rings is 1. The number of carbonyl (C=O) groups excluding carboxylic acids is 2. The third-order valence-corrected chi connectivity index (χ3v) is 3.85. The topological polar surface area (TPSA) is 74.3 Å². The van der Waals surface area contributed by atoms with Crippen molar-refractivity contribution in [1.29, 1.82) is 0 Å². The first-order valence-electron chi connectivity index (χ1n) is 6.35. The average molecular weight is 282 g/mol. The summed E-state index contributed by atoms with van der Waals surface area (Å²) in [6.07, 6.45) is 0.880. The number of carbonyl (C=O) groups is 2. The SMILES string of the molecule is Cc1csc(CNC(=O)C(=O)N2CCCNCC2)n1. The molecule has 0 aliphatic carbocycles. The Hall–Kier alpha value is -1.47. The van der Waals surface area contributed by atoms with Gasteiger partial charge >= 0.3 is 11.8 Å². The largest absolute Gasteiger partial charge is 0.341 e. The van der Waals surface area contributed by atoms with Gasteiger partial charge in [-0.3, -0.25) is 9.59 Å². The molecule has 0 spiro atoms. The smallest absolute Gasteiger partial charge is 0.311 e. The molecule has 2 N–H and O–H groups in total. The van der Waals surface area contributed by atoms with E-state index >= 15 is 0 Å². The Kier molecular flexibility index (Phi) is 4.86. The van der Waals surface area contributed by atoms with Gasteiger partial charge in [0.15, 0.2) is 0 Å². The monoisotopic (exact) mass is 282 g/mol. The lowest BCUT2D eigenvalue weighted by Gasteiger charge is -2.18. The summed E-state index contributed by atoms with van der Waals surface area (Å²) in [6, 6.07) is 0. The molecule has 1 aliphatic heterocycles. The van der Waals surface area contributed by atoms with E-state index in [1.165, 1.54) is 11.3 Å². The highest BCUT2D eigenvalue weighted by Gasteiger charge is 2.22. The summed E-state index contributed by atoms with van der Waals surface area (Å²) in [5.41, 5.74) is 0.930. The maximum absolute atomic E-state index is 11.9. The first kappa shape index (κ1) is 14.0. The zero-order valence-electron chi connectivity index (χ0n) is 10.9. The van der Waals surface area contributed by atoms with Crippen LogP contribution in [0.4, 0.5) is 0 Å². The summed E-state index contributed by atoms with van der Waals surface area (Å²) in [5, 5.41) is 8.56. The predicted molar refractivity (Wildman–Crippen MR) is 72.8 cm³/mol. The number of amides is 2. The van der Waals surface area contributed by atoms with E-state index < -0.39 is 11.8 Å². The Morgan fingerprint density at radius 3 is 3.05 bits per heavy atom. The van der Waals surface area contributed by atoms with Gasteiger partial charge < -0.3 is 15.5 Å². The highest BCUT2D eigenvalue weighted by Crippen LogP contribution is 2.07. The molecule has 6 nitrogen and oxygen atoms in total. The molecule has 0 aromatic carbocycles. The van der Waals surface area contributed by atoms with E-state index in [1.807, 2.05) is 12.3 Å². The Morgan fingerprint density at radius 1 is 1.47 bits per heavy atom. The molecule has 2 rings (SSSR count). The third-order valence-electron chi connectivity index (χ3n) is 2.89. The molecule has 19 heavy (non-hydrogen) atoms. The van der Waals surface area contributed by atoms with Gasteiger partial charge in [-0.05, 0) is 19.9 Å². The molecular weight excluding hydrogens is 264 g/mol. The van der Waals surface area contributed by atoms with Gasteiger partial charge in [-0.2, -0.15) is 0 Å². The van der Waals surface area contributed by atoms with Crippen molar-refractivity contribution in [3.63, 3.8) is 0 Å². The lowest BCUT2D eigenvalue weighted by molar-refractivity contribution is -0.145. The summed E-state index contributed by atoms with van der Waals surface area (Å²) >= 11 is 1.48. The predicted octanol–water partition coefficient (Wildman–Crippen LogP) is -0.110. The molecule has 104 valence electrons. The Balaban J connectivity index is 1.83. The van der Waals surface area contributed by atoms with Crippen LogP contribution in [0.15, 0.2) is 5.38 Å². The molecule has 0 atom stereocenters. The van der Waals surface area contributed by atoms with Crippen LogP contribution in [0.3, 0.4) is 0 Å². The Morgan fingerprint density at radius 2 is 2.32 bits per heavy atom. The summed E-state index contributed by atoms with van der Waals surface area (Å²) < 4.78 is 0. The molecule has 1 aromatic rings. The van der Waals surface area contributed by atoms with Crippen LogP contribution >= 0.6 is 11.3 Å². The van der Waals surface area contributed by atoms with Crippen molar-refractivity contribution in [1.82, 2.24) is 20.5 Å². The minimum Gasteiger partial charge on any atom is -0.341 e. The van der Waals surface area contributed by atoms with Gasteiger partial charge in [-0.1, -0.05) is 0 Å². The first-order chi connectivity index (χ1) is 9.16. The second-order valence-electron chi connectivity index (χ2n) is 4.46. The van der Waals surface area contributed by atoms with Crippen LogP contribution in [-0.4, -0.2) is 47.9 Å². The second-order valence-corrected chi connectivity index (χ2v) is 5.40. The summed E-state index contributed by atoms with van der Waals surface area (Å²) in [6.45, 7) is 5.07. The van der Waals surface area contributed by atoms with Crippen molar-refractivity contribution in [2.24, 2.45) is 0 Å². The number of hydrogen-bond donors (Lipinski definition) is 2. The molecule has 1 aliphatic rings. The number of nitrogens with one attached hydrogen (secondary N) is 2. The van der Waals surface area contributed by atoms with Gasteiger partial charge in [-0.15, -0.1) is 11.3 Å². The molecule has 0 radical (unpaired) electrons. The van der Waals surface area contributed by atoms with Crippen molar-refractivity contribution in [2.45, 2.75) is 19.9 Å². The van der Waals surface area contributed by atoms with Gasteiger partial charge in [0, 0.05) is 30.7 Å². The number of rotatable bonds is 2. The van der Waals surface area contributed by atoms with E-state index in [1.54, 1.807) is 4.90 Å². The summed E-state index contributed by atoms with van der Waals surface area (Å²) in [4.78, 5) is 29.6. The molecule has 2 heterocycles. The molecule has 1 fully saturated rings. The quantitative estimate of drug-likeness (QED) is 0.742. The van der Waals surface area contributed by atoms with Crippen LogP contribution in [0.25, 0.3) is 0 Å². The minimum atomic E-state index is -0.547. The van der Waals surface area contributed by atoms with Crippen LogP contribution in [0, 0.1) is 6.92 Å². The van der Waals surface area contributed by atoms with E-state index in [-0.39, 0.29) is 0 Å². The van der Waals surface area contributed by atoms with Crippen LogP contribution in [-0.2, 0) is 16.1 Å². The van der Waals surface area contributed by atoms with Gasteiger partial charge in [0.1, 0.15) is 5.01 Å². The van der Waals surface area contributed by atoms with E-state index in [4.69, 9.17) is 0 Å². The van der Waals surface area contributed by atoms with Gasteiger partial charge in [-0.25, -0.2) is 4.98 Å². The first-order valence-corrected chi connectivity index (χ1v) is 7.23. The van der Waals surface area contributed by atoms with Crippen LogP contribution < -0.4 is 10.6 Å². The lowest BCUT2D eigenvalue weighted by atomic mass is 10.3. The van der Waals surface area contributed by atoms with Crippen LogP contribution in [0.1, 0.15) is 17.1 Å². The maximum Gasteiger partial charge on any atom is 0.311 e. The minimum absolute atomic E-state index is 0.315. The molecule has 1 aromatic heterocycles. The van der Waals surface area contributed by atoms with Crippen molar-refractivity contribution in [2.75, 3.05) is 26.2 Å². The second kappa shape index (κ2) is 6.63. The van der Waals surface area contributed by atoms with Crippen molar-refractivity contribution < 1.29 is 9.59 Å². The Labute approximate surface area is 116 Å². The van der Waals surface area contributed by atoms with Gasteiger partial charge in [0.05, 0.1) is 6.54 Å². The van der Waals surface area contributed by atoms with E-state index in [0.717, 1.165) is 30.2 Å². The van der Waals surface area contributed by atoms with Gasteiger partial charge in [0.2, 0.25) is 0 Å². The zero-order valence-corrected chi connectivity index (χ0v) is 11.8. The fourth-order valence-electron chi connectivity index (χ4n) is 1.91. The standard InChI is InChI=1S/C12H18N4O2S/c1-9-8-19-10(15-9)7-14-11(17)12(18)16-5-2-3-13-4-6-16/h8,13H,2-7H2,1H3,(H,14,17). The normalized spacial score (nSPS) is 15.9. The van der Waals surface area contributed by atoms with Crippen molar-refractivity contribution >= 4 is 23.2 Å². The molecular formula is C12H18N4O2S. The molecule has 0 saturated carbocycles. The number of hydrogen-bond acceptors (Lipinski definition) is 5. The third kappa shape index (κ3) is 4.00. The highest BCUT2D eigenvalue weighted by atomic mass is 32.1. The number of aromatic nitrogens is 1. The van der Waals surface area contributed by atoms with E-state index in [0.29, 0.717) is 19.6 Å². The van der Waals surface area contributed by atoms with Gasteiger partial charge in [0.25, 0.3) is 0 Å². The summed E-state index contributed by atoms with van der Waals surface area (Å²) in [5.74, 6) is -0.994. The zero-order chi connectivity index (χ0) is 13.7.